The van der Waals surface area contributed by atoms with Crippen molar-refractivity contribution in [1.82, 2.24) is 0 Å². The van der Waals surface area contributed by atoms with E-state index in [1.807, 2.05) is 0 Å². The van der Waals surface area contributed by atoms with Gasteiger partial charge in [0, 0.05) is 12.1 Å². The normalized spacial score (nSPS) is 9.77. The van der Waals surface area contributed by atoms with E-state index in [1.54, 1.807) is 0 Å². The molecule has 70 valence electrons. The summed E-state index contributed by atoms with van der Waals surface area (Å²) in [6.07, 6.45) is 0. The molecule has 0 spiro atoms. The predicted octanol–water partition coefficient (Wildman–Crippen LogP) is 1.01. The van der Waals surface area contributed by atoms with Gasteiger partial charge in [0.1, 0.15) is 11.5 Å². The molecule has 3 nitrogen and oxygen atoms in total. The van der Waals surface area contributed by atoms with Crippen molar-refractivity contribution in [2.24, 2.45) is 16.5 Å². The van der Waals surface area contributed by atoms with Gasteiger partial charge in [-0.05, 0) is 0 Å². The first-order chi connectivity index (χ1) is 6.00. The maximum absolute atomic E-state index is 12.8. The molecule has 0 unspecified atom stereocenters. The highest BCUT2D eigenvalue weighted by Gasteiger charge is 2.10. The fourth-order valence-electron chi connectivity index (χ4n) is 0.763. The minimum atomic E-state index is -1.33. The number of benzene rings is 1. The first-order valence-corrected chi connectivity index (χ1v) is 3.25. The Hall–Kier alpha value is -1.72. The average Bonchev–Trinajstić information content (AvgIpc) is 1.98. The van der Waals surface area contributed by atoms with Crippen LogP contribution < -0.4 is 11.5 Å². The molecular weight excluding hydrogens is 183 g/mol. The fourth-order valence-corrected chi connectivity index (χ4v) is 0.763. The van der Waals surface area contributed by atoms with Gasteiger partial charge in [0.25, 0.3) is 0 Å². The third-order valence-corrected chi connectivity index (χ3v) is 1.22. The zero-order valence-corrected chi connectivity index (χ0v) is 6.39. The van der Waals surface area contributed by atoms with Crippen LogP contribution in [-0.4, -0.2) is 5.96 Å². The van der Waals surface area contributed by atoms with E-state index in [0.29, 0.717) is 12.1 Å². The van der Waals surface area contributed by atoms with Crippen LogP contribution >= 0.6 is 0 Å². The van der Waals surface area contributed by atoms with Crippen LogP contribution in [0.5, 0.6) is 0 Å². The Balaban J connectivity index is 3.28. The molecular formula is C7H6F3N3. The lowest BCUT2D eigenvalue weighted by Gasteiger charge is -1.98. The predicted molar refractivity (Wildman–Crippen MR) is 41.8 cm³/mol. The standard InChI is InChI=1S/C7H6F3N3/c8-3-1-4(9)6(10)5(2-3)13-7(11)12/h1-2H,(H4,11,12,13). The molecule has 4 N–H and O–H groups in total. The van der Waals surface area contributed by atoms with E-state index < -0.39 is 29.1 Å². The molecule has 6 heteroatoms. The average molecular weight is 189 g/mol. The molecule has 0 fully saturated rings. The molecule has 0 aromatic heterocycles. The van der Waals surface area contributed by atoms with E-state index in [-0.39, 0.29) is 0 Å². The van der Waals surface area contributed by atoms with Crippen LogP contribution in [0, 0.1) is 17.5 Å². The van der Waals surface area contributed by atoms with Gasteiger partial charge in [0.2, 0.25) is 0 Å². The summed E-state index contributed by atoms with van der Waals surface area (Å²) in [4.78, 5) is 3.20. The second kappa shape index (κ2) is 3.34. The van der Waals surface area contributed by atoms with Crippen molar-refractivity contribution >= 4 is 11.6 Å². The summed E-state index contributed by atoms with van der Waals surface area (Å²) in [6.45, 7) is 0. The molecule has 0 bridgehead atoms. The number of nitrogens with zero attached hydrogens (tertiary/aromatic N) is 1. The van der Waals surface area contributed by atoms with E-state index in [4.69, 9.17) is 11.5 Å². The van der Waals surface area contributed by atoms with Crippen LogP contribution in [-0.2, 0) is 0 Å². The molecule has 0 saturated heterocycles. The largest absolute Gasteiger partial charge is 0.370 e. The van der Waals surface area contributed by atoms with Crippen molar-refractivity contribution in [1.29, 1.82) is 0 Å². The van der Waals surface area contributed by atoms with Gasteiger partial charge in [-0.2, -0.15) is 0 Å². The Labute approximate surface area is 71.9 Å². The molecule has 1 aromatic carbocycles. The van der Waals surface area contributed by atoms with Gasteiger partial charge in [-0.25, -0.2) is 18.2 Å². The third-order valence-electron chi connectivity index (χ3n) is 1.22. The molecule has 0 saturated carbocycles. The quantitative estimate of drug-likeness (QED) is 0.393. The molecule has 1 aromatic rings. The van der Waals surface area contributed by atoms with E-state index in [9.17, 15) is 13.2 Å². The van der Waals surface area contributed by atoms with E-state index >= 15 is 0 Å². The van der Waals surface area contributed by atoms with Gasteiger partial charge in [0.05, 0.1) is 0 Å². The fraction of sp³-hybridized carbons (Fsp3) is 0. The van der Waals surface area contributed by atoms with E-state index in [2.05, 4.69) is 4.99 Å². The van der Waals surface area contributed by atoms with Crippen molar-refractivity contribution in [3.05, 3.63) is 29.6 Å². The minimum absolute atomic E-state index is 0.404. The maximum Gasteiger partial charge on any atom is 0.191 e. The van der Waals surface area contributed by atoms with Crippen LogP contribution in [0.15, 0.2) is 17.1 Å². The highest BCUT2D eigenvalue weighted by atomic mass is 19.2. The minimum Gasteiger partial charge on any atom is -0.370 e. The molecule has 0 aliphatic carbocycles. The van der Waals surface area contributed by atoms with Crippen LogP contribution in [0.4, 0.5) is 18.9 Å². The molecule has 0 aliphatic rings. The summed E-state index contributed by atoms with van der Waals surface area (Å²) in [5.41, 5.74) is 9.26. The molecule has 0 aliphatic heterocycles. The number of rotatable bonds is 1. The summed E-state index contributed by atoms with van der Waals surface area (Å²) in [6, 6.07) is 1.10. The highest BCUT2D eigenvalue weighted by Crippen LogP contribution is 2.21. The Morgan fingerprint density at radius 1 is 1.15 bits per heavy atom. The smallest absolute Gasteiger partial charge is 0.191 e. The monoisotopic (exact) mass is 189 g/mol. The highest BCUT2D eigenvalue weighted by molar-refractivity contribution is 5.79. The summed E-state index contributed by atoms with van der Waals surface area (Å²) in [5.74, 6) is -4.03. The molecule has 0 heterocycles. The SMILES string of the molecule is NC(N)=Nc1cc(F)cc(F)c1F. The number of hydrogen-bond acceptors (Lipinski definition) is 1. The lowest BCUT2D eigenvalue weighted by molar-refractivity contribution is 0.497. The Kier molecular flexibility index (Phi) is 2.41. The number of hydrogen-bond donors (Lipinski definition) is 2. The van der Waals surface area contributed by atoms with Gasteiger partial charge in [0.15, 0.2) is 17.6 Å². The van der Waals surface area contributed by atoms with Gasteiger partial charge in [-0.15, -0.1) is 0 Å². The summed E-state index contributed by atoms with van der Waals surface area (Å²) in [7, 11) is 0. The van der Waals surface area contributed by atoms with Crippen molar-refractivity contribution in [2.75, 3.05) is 0 Å². The molecule has 1 rings (SSSR count). The third kappa shape index (κ3) is 2.11. The Morgan fingerprint density at radius 2 is 1.77 bits per heavy atom. The maximum atomic E-state index is 12.8. The lowest BCUT2D eigenvalue weighted by atomic mass is 10.3. The van der Waals surface area contributed by atoms with Crippen molar-refractivity contribution in [2.45, 2.75) is 0 Å². The van der Waals surface area contributed by atoms with E-state index in [1.165, 1.54) is 0 Å². The van der Waals surface area contributed by atoms with Gasteiger partial charge < -0.3 is 11.5 Å². The van der Waals surface area contributed by atoms with Crippen molar-refractivity contribution in [3.8, 4) is 0 Å². The number of halogens is 3. The first kappa shape index (κ1) is 9.37. The summed E-state index contributed by atoms with van der Waals surface area (Å²) in [5, 5.41) is 0. The summed E-state index contributed by atoms with van der Waals surface area (Å²) >= 11 is 0. The molecule has 0 amide bonds. The second-order valence-electron chi connectivity index (χ2n) is 2.26. The summed E-state index contributed by atoms with van der Waals surface area (Å²) < 4.78 is 37.8. The van der Waals surface area contributed by atoms with Gasteiger partial charge in [-0.3, -0.25) is 0 Å². The van der Waals surface area contributed by atoms with Crippen LogP contribution in [0.25, 0.3) is 0 Å². The molecule has 0 atom stereocenters. The topological polar surface area (TPSA) is 64.4 Å². The van der Waals surface area contributed by atoms with Gasteiger partial charge >= 0.3 is 0 Å². The first-order valence-electron chi connectivity index (χ1n) is 3.25. The van der Waals surface area contributed by atoms with Crippen LogP contribution in [0.3, 0.4) is 0 Å². The van der Waals surface area contributed by atoms with Crippen LogP contribution in [0.1, 0.15) is 0 Å². The number of guanidine groups is 1. The second-order valence-corrected chi connectivity index (χ2v) is 2.26. The van der Waals surface area contributed by atoms with Gasteiger partial charge in [-0.1, -0.05) is 0 Å². The molecule has 0 radical (unpaired) electrons. The molecule has 13 heavy (non-hydrogen) atoms. The van der Waals surface area contributed by atoms with E-state index in [0.717, 1.165) is 0 Å². The lowest BCUT2D eigenvalue weighted by Crippen LogP contribution is -2.22. The number of nitrogens with two attached hydrogens (primary N) is 2. The van der Waals surface area contributed by atoms with Crippen LogP contribution in [0.2, 0.25) is 0 Å². The zero-order valence-electron chi connectivity index (χ0n) is 6.39. The number of aliphatic imine (C=N–C) groups is 1. The van der Waals surface area contributed by atoms with Crippen molar-refractivity contribution in [3.63, 3.8) is 0 Å². The zero-order chi connectivity index (χ0) is 10.0. The Bertz CT molecular complexity index is 358. The Morgan fingerprint density at radius 3 is 2.31 bits per heavy atom. The van der Waals surface area contributed by atoms with Crippen molar-refractivity contribution < 1.29 is 13.2 Å².